The Bertz CT molecular complexity index is 1300. The molecule has 4 aromatic rings. The van der Waals surface area contributed by atoms with E-state index in [2.05, 4.69) is 22.4 Å². The largest absolute Gasteiger partial charge is 0.354 e. The fourth-order valence-corrected chi connectivity index (χ4v) is 3.85. The van der Waals surface area contributed by atoms with Crippen molar-refractivity contribution in [2.24, 2.45) is 0 Å². The Hall–Kier alpha value is -3.68. The summed E-state index contributed by atoms with van der Waals surface area (Å²) >= 11 is 0. The Morgan fingerprint density at radius 3 is 2.50 bits per heavy atom. The van der Waals surface area contributed by atoms with Crippen molar-refractivity contribution in [1.29, 1.82) is 0 Å². The van der Waals surface area contributed by atoms with E-state index in [1.807, 2.05) is 62.4 Å². The molecule has 0 unspecified atom stereocenters. The van der Waals surface area contributed by atoms with Crippen LogP contribution in [-0.4, -0.2) is 31.7 Å². The summed E-state index contributed by atoms with van der Waals surface area (Å²) < 4.78 is 8.29. The van der Waals surface area contributed by atoms with E-state index in [9.17, 15) is 9.59 Å². The van der Waals surface area contributed by atoms with Crippen molar-refractivity contribution >= 4 is 16.9 Å². The van der Waals surface area contributed by atoms with E-state index in [4.69, 9.17) is 4.52 Å². The Morgan fingerprint density at radius 1 is 1.09 bits per heavy atom. The second kappa shape index (κ2) is 8.82. The molecule has 1 atom stereocenters. The van der Waals surface area contributed by atoms with Gasteiger partial charge in [-0.25, -0.2) is 4.79 Å². The van der Waals surface area contributed by atoms with Gasteiger partial charge in [-0.15, -0.1) is 0 Å². The van der Waals surface area contributed by atoms with Crippen molar-refractivity contribution in [3.8, 4) is 11.4 Å². The average Bonchev–Trinajstić information content (AvgIpc) is 3.33. The molecular weight excluding hydrogens is 406 g/mol. The Morgan fingerprint density at radius 2 is 1.84 bits per heavy atom. The highest BCUT2D eigenvalue weighted by atomic mass is 16.5. The molecule has 1 amide bonds. The van der Waals surface area contributed by atoms with Gasteiger partial charge in [0.15, 0.2) is 0 Å². The van der Waals surface area contributed by atoms with E-state index >= 15 is 0 Å². The molecule has 0 aliphatic rings. The number of aryl methyl sites for hydroxylation is 1. The maximum absolute atomic E-state index is 13.2. The van der Waals surface area contributed by atoms with E-state index in [1.54, 1.807) is 11.5 Å². The lowest BCUT2D eigenvalue weighted by molar-refractivity contribution is -0.121. The highest BCUT2D eigenvalue weighted by molar-refractivity contribution is 5.84. The van der Waals surface area contributed by atoms with Gasteiger partial charge in [0.1, 0.15) is 6.54 Å². The van der Waals surface area contributed by atoms with Crippen molar-refractivity contribution in [2.45, 2.75) is 46.2 Å². The van der Waals surface area contributed by atoms with Crippen LogP contribution in [0, 0.1) is 6.92 Å². The molecule has 0 aliphatic heterocycles. The molecule has 1 N–H and O–H groups in total. The summed E-state index contributed by atoms with van der Waals surface area (Å²) in [5, 5.41) is 6.93. The van der Waals surface area contributed by atoms with Crippen LogP contribution >= 0.6 is 0 Å². The van der Waals surface area contributed by atoms with Crippen LogP contribution in [0.15, 0.2) is 57.8 Å². The first-order valence-corrected chi connectivity index (χ1v) is 10.7. The molecule has 2 aromatic carbocycles. The van der Waals surface area contributed by atoms with Crippen molar-refractivity contribution < 1.29 is 9.32 Å². The molecule has 166 valence electrons. The van der Waals surface area contributed by atoms with E-state index in [0.29, 0.717) is 23.8 Å². The highest BCUT2D eigenvalue weighted by Crippen LogP contribution is 2.24. The molecule has 0 radical (unpaired) electrons. The average molecular weight is 434 g/mol. The minimum atomic E-state index is -0.220. The predicted octanol–water partition coefficient (Wildman–Crippen LogP) is 3.66. The molecule has 0 fully saturated rings. The molecule has 8 nitrogen and oxygen atoms in total. The summed E-state index contributed by atoms with van der Waals surface area (Å²) in [6.45, 7) is 8.11. The highest BCUT2D eigenvalue weighted by Gasteiger charge is 2.19. The van der Waals surface area contributed by atoms with E-state index < -0.39 is 0 Å². The van der Waals surface area contributed by atoms with Gasteiger partial charge in [0.2, 0.25) is 17.6 Å². The number of fused-ring (bicyclic) bond motifs is 1. The second-order valence-corrected chi connectivity index (χ2v) is 8.29. The number of imidazole rings is 1. The van der Waals surface area contributed by atoms with Gasteiger partial charge in [-0.2, -0.15) is 4.98 Å². The first-order chi connectivity index (χ1) is 15.3. The Balaban J connectivity index is 1.62. The fraction of sp³-hybridized carbons (Fsp3) is 0.333. The number of rotatable bonds is 7. The van der Waals surface area contributed by atoms with Crippen molar-refractivity contribution in [2.75, 3.05) is 6.54 Å². The number of hydrogen-bond acceptors (Lipinski definition) is 5. The second-order valence-electron chi connectivity index (χ2n) is 8.29. The first kappa shape index (κ1) is 21.5. The van der Waals surface area contributed by atoms with Gasteiger partial charge in [-0.3, -0.25) is 13.9 Å². The van der Waals surface area contributed by atoms with Crippen LogP contribution in [0.1, 0.15) is 44.2 Å². The van der Waals surface area contributed by atoms with Crippen molar-refractivity contribution in [3.63, 3.8) is 0 Å². The molecule has 0 spiro atoms. The zero-order chi connectivity index (χ0) is 22.8. The number of carbonyl (C=O) groups is 1. The minimum Gasteiger partial charge on any atom is -0.354 e. The Kier molecular flexibility index (Phi) is 5.94. The molecule has 0 saturated heterocycles. The van der Waals surface area contributed by atoms with Crippen LogP contribution in [0.5, 0.6) is 0 Å². The summed E-state index contributed by atoms with van der Waals surface area (Å²) in [4.78, 5) is 30.2. The maximum Gasteiger partial charge on any atom is 0.329 e. The molecule has 2 heterocycles. The monoisotopic (exact) mass is 433 g/mol. The number of nitrogens with zero attached hydrogens (tertiary/aromatic N) is 4. The number of carbonyl (C=O) groups excluding carboxylic acids is 1. The third kappa shape index (κ3) is 4.21. The van der Waals surface area contributed by atoms with E-state index in [0.717, 1.165) is 16.6 Å². The minimum absolute atomic E-state index is 0.0503. The quantitative estimate of drug-likeness (QED) is 0.480. The van der Waals surface area contributed by atoms with Gasteiger partial charge in [0.05, 0.1) is 11.0 Å². The molecule has 0 saturated carbocycles. The summed E-state index contributed by atoms with van der Waals surface area (Å²) in [6.07, 6.45) is 0. The van der Waals surface area contributed by atoms with Gasteiger partial charge in [-0.1, -0.05) is 42.4 Å². The zero-order valence-electron chi connectivity index (χ0n) is 18.7. The molecule has 0 aliphatic carbocycles. The molecule has 32 heavy (non-hydrogen) atoms. The number of aromatic nitrogens is 4. The normalized spacial score (nSPS) is 12.4. The van der Waals surface area contributed by atoms with Crippen molar-refractivity contribution in [1.82, 2.24) is 24.6 Å². The summed E-state index contributed by atoms with van der Waals surface area (Å²) in [7, 11) is 0. The van der Waals surface area contributed by atoms with Crippen LogP contribution in [0.25, 0.3) is 22.4 Å². The summed E-state index contributed by atoms with van der Waals surface area (Å²) in [5.41, 5.74) is 3.08. The van der Waals surface area contributed by atoms with Gasteiger partial charge >= 0.3 is 5.69 Å². The summed E-state index contributed by atoms with van der Waals surface area (Å²) in [5.74, 6) is 0.867. The predicted molar refractivity (Wildman–Crippen MR) is 122 cm³/mol. The van der Waals surface area contributed by atoms with Crippen molar-refractivity contribution in [3.05, 3.63) is 70.5 Å². The lowest BCUT2D eigenvalue weighted by atomic mass is 10.0. The lowest BCUT2D eigenvalue weighted by Gasteiger charge is -2.13. The molecule has 0 bridgehead atoms. The van der Waals surface area contributed by atoms with E-state index in [-0.39, 0.29) is 30.1 Å². The standard InChI is InChI=1S/C24H27N5O3/c1-15(2)29-20-11-10-19(23-26-17(4)32-27-23)12-21(20)28(24(29)31)14-22(30)25-13-16(3)18-8-6-5-7-9-18/h5-12,15-16H,13-14H2,1-4H3,(H,25,30)/t16-/m1/s1. The van der Waals surface area contributed by atoms with Crippen LogP contribution in [-0.2, 0) is 11.3 Å². The van der Waals surface area contributed by atoms with Gasteiger partial charge in [0, 0.05) is 25.1 Å². The molecular formula is C24H27N5O3. The lowest BCUT2D eigenvalue weighted by Crippen LogP contribution is -2.35. The topological polar surface area (TPSA) is 95.0 Å². The number of amides is 1. The third-order valence-corrected chi connectivity index (χ3v) is 5.54. The van der Waals surface area contributed by atoms with Crippen LogP contribution in [0.3, 0.4) is 0 Å². The fourth-order valence-electron chi connectivity index (χ4n) is 3.85. The van der Waals surface area contributed by atoms with Crippen LogP contribution in [0.2, 0.25) is 0 Å². The summed E-state index contributed by atoms with van der Waals surface area (Å²) in [6, 6.07) is 15.5. The maximum atomic E-state index is 13.2. The van der Waals surface area contributed by atoms with Crippen LogP contribution in [0.4, 0.5) is 0 Å². The Labute approximate surface area is 185 Å². The number of hydrogen-bond donors (Lipinski definition) is 1. The van der Waals surface area contributed by atoms with Gasteiger partial charge < -0.3 is 9.84 Å². The molecule has 2 aromatic heterocycles. The third-order valence-electron chi connectivity index (χ3n) is 5.54. The zero-order valence-corrected chi connectivity index (χ0v) is 18.7. The first-order valence-electron chi connectivity index (χ1n) is 10.7. The molecule has 8 heteroatoms. The van der Waals surface area contributed by atoms with E-state index in [1.165, 1.54) is 4.57 Å². The SMILES string of the molecule is Cc1nc(-c2ccc3c(c2)n(CC(=O)NC[C@@H](C)c2ccccc2)c(=O)n3C(C)C)no1. The van der Waals surface area contributed by atoms with Gasteiger partial charge in [-0.05, 0) is 43.5 Å². The number of benzene rings is 2. The number of nitrogens with one attached hydrogen (secondary N) is 1. The smallest absolute Gasteiger partial charge is 0.329 e. The van der Waals surface area contributed by atoms with Gasteiger partial charge in [0.25, 0.3) is 0 Å². The molecule has 4 rings (SSSR count). The van der Waals surface area contributed by atoms with Crippen LogP contribution < -0.4 is 11.0 Å².